The minimum absolute atomic E-state index is 0.0838. The molecular weight excluding hydrogens is 582 g/mol. The minimum Gasteiger partial charge on any atom is -0.506 e. The number of carbonyl (C=O) groups excluding carboxylic acids is 1. The number of fused-ring (bicyclic) bond motifs is 1. The molecule has 0 bridgehead atoms. The Morgan fingerprint density at radius 3 is 2.39 bits per heavy atom. The molecule has 10 heteroatoms. The highest BCUT2D eigenvalue weighted by Crippen LogP contribution is 2.39. The van der Waals surface area contributed by atoms with Crippen molar-refractivity contribution in [2.45, 2.75) is 13.0 Å². The van der Waals surface area contributed by atoms with Gasteiger partial charge in [-0.1, -0.05) is 41.9 Å². The molecule has 4 aromatic rings. The Morgan fingerprint density at radius 1 is 0.955 bits per heavy atom. The molecule has 0 unspecified atom stereocenters. The third-order valence-electron chi connectivity index (χ3n) is 7.42. The van der Waals surface area contributed by atoms with E-state index in [9.17, 15) is 9.90 Å². The molecule has 1 heterocycles. The van der Waals surface area contributed by atoms with Gasteiger partial charge < -0.3 is 24.1 Å². The van der Waals surface area contributed by atoms with Crippen molar-refractivity contribution >= 4 is 23.7 Å². The predicted molar refractivity (Wildman–Crippen MR) is 171 cm³/mol. The molecule has 228 valence electrons. The normalized spacial score (nSPS) is 12.9. The molecule has 0 spiro atoms. The molecule has 0 aliphatic carbocycles. The number of amides is 1. The summed E-state index contributed by atoms with van der Waals surface area (Å²) in [6.07, 6.45) is 2.45. The largest absolute Gasteiger partial charge is 0.506 e. The van der Waals surface area contributed by atoms with E-state index in [1.807, 2.05) is 42.5 Å². The average Bonchev–Trinajstić information content (AvgIpc) is 3.05. The second-order valence-corrected chi connectivity index (χ2v) is 10.6. The molecule has 1 aliphatic heterocycles. The maximum atomic E-state index is 12.5. The number of ether oxygens (including phenoxy) is 4. The number of hydrogen-bond acceptors (Lipinski definition) is 8. The predicted octanol–water partition coefficient (Wildman–Crippen LogP) is 5.94. The summed E-state index contributed by atoms with van der Waals surface area (Å²) in [5.41, 5.74) is 7.75. The van der Waals surface area contributed by atoms with E-state index >= 15 is 0 Å². The molecule has 9 nitrogen and oxygen atoms in total. The van der Waals surface area contributed by atoms with Crippen molar-refractivity contribution in [3.05, 3.63) is 100 Å². The van der Waals surface area contributed by atoms with Crippen LogP contribution in [-0.4, -0.2) is 63.2 Å². The zero-order chi connectivity index (χ0) is 31.1. The van der Waals surface area contributed by atoms with Crippen LogP contribution >= 0.6 is 11.6 Å². The van der Waals surface area contributed by atoms with Crippen molar-refractivity contribution in [3.8, 4) is 39.9 Å². The quantitative estimate of drug-likeness (QED) is 0.159. The number of nitrogens with zero attached hydrogens (tertiary/aromatic N) is 2. The lowest BCUT2D eigenvalue weighted by atomic mass is 9.99. The van der Waals surface area contributed by atoms with Gasteiger partial charge in [0.2, 0.25) is 0 Å². The van der Waals surface area contributed by atoms with Crippen LogP contribution in [0.15, 0.2) is 77.9 Å². The van der Waals surface area contributed by atoms with Gasteiger partial charge in [-0.2, -0.15) is 5.10 Å². The van der Waals surface area contributed by atoms with E-state index in [0.717, 1.165) is 48.7 Å². The summed E-state index contributed by atoms with van der Waals surface area (Å²) in [4.78, 5) is 14.9. The highest BCUT2D eigenvalue weighted by atomic mass is 35.5. The van der Waals surface area contributed by atoms with E-state index in [-0.39, 0.29) is 16.3 Å². The topological polar surface area (TPSA) is 102 Å². The van der Waals surface area contributed by atoms with Crippen molar-refractivity contribution in [3.63, 3.8) is 0 Å². The van der Waals surface area contributed by atoms with Crippen molar-refractivity contribution in [1.82, 2.24) is 10.3 Å². The van der Waals surface area contributed by atoms with E-state index in [0.29, 0.717) is 23.7 Å². The molecule has 1 amide bonds. The van der Waals surface area contributed by atoms with Crippen LogP contribution in [0.5, 0.6) is 28.7 Å². The number of rotatable bonds is 11. The average molecular weight is 616 g/mol. The van der Waals surface area contributed by atoms with Crippen molar-refractivity contribution in [2.75, 3.05) is 41.0 Å². The van der Waals surface area contributed by atoms with Gasteiger partial charge in [-0.3, -0.25) is 9.69 Å². The molecule has 0 saturated carbocycles. The number of hydrazone groups is 1. The van der Waals surface area contributed by atoms with Crippen LogP contribution in [0.4, 0.5) is 0 Å². The number of aromatic hydroxyl groups is 1. The van der Waals surface area contributed by atoms with E-state index in [2.05, 4.69) is 27.6 Å². The van der Waals surface area contributed by atoms with E-state index in [1.165, 1.54) is 35.5 Å². The summed E-state index contributed by atoms with van der Waals surface area (Å²) in [6.45, 7) is 2.88. The first-order chi connectivity index (χ1) is 21.4. The second kappa shape index (κ2) is 14.2. The molecule has 0 atom stereocenters. The SMILES string of the molecule is COc1cc2c(cc1OC)CN(CCOc1c(OC)cc(/C=N/NC(=O)c3ccc(O)c(Cl)c3)cc1-c1ccccc1)CC2. The van der Waals surface area contributed by atoms with Gasteiger partial charge in [0, 0.05) is 30.8 Å². The van der Waals surface area contributed by atoms with Crippen LogP contribution < -0.4 is 24.4 Å². The highest BCUT2D eigenvalue weighted by molar-refractivity contribution is 6.32. The summed E-state index contributed by atoms with van der Waals surface area (Å²) >= 11 is 5.93. The standard InChI is InChI=1S/C34H34ClN3O6/c1-41-30-18-24-11-12-38(21-26(24)19-31(30)42-2)13-14-44-33-27(23-7-5-4-6-8-23)15-22(16-32(33)43-3)20-36-37-34(40)25-9-10-29(39)28(35)17-25/h4-10,15-20,39H,11-14,21H2,1-3H3,(H,37,40)/b36-20+. The van der Waals surface area contributed by atoms with Gasteiger partial charge in [-0.15, -0.1) is 0 Å². The van der Waals surface area contributed by atoms with E-state index in [4.69, 9.17) is 30.5 Å². The molecule has 2 N–H and O–H groups in total. The number of nitrogens with one attached hydrogen (secondary N) is 1. The monoisotopic (exact) mass is 615 g/mol. The lowest BCUT2D eigenvalue weighted by molar-refractivity contribution is 0.0955. The highest BCUT2D eigenvalue weighted by Gasteiger charge is 2.21. The summed E-state index contributed by atoms with van der Waals surface area (Å²) in [5, 5.41) is 13.8. The number of carbonyl (C=O) groups is 1. The molecular formula is C34H34ClN3O6. The summed E-state index contributed by atoms with van der Waals surface area (Å²) in [5.74, 6) is 2.10. The van der Waals surface area contributed by atoms with Gasteiger partial charge in [-0.05, 0) is 71.1 Å². The van der Waals surface area contributed by atoms with Crippen molar-refractivity contribution in [1.29, 1.82) is 0 Å². The molecule has 1 aliphatic rings. The Hall–Kier alpha value is -4.73. The first-order valence-electron chi connectivity index (χ1n) is 14.1. The third-order valence-corrected chi connectivity index (χ3v) is 7.73. The Labute approximate surface area is 261 Å². The summed E-state index contributed by atoms with van der Waals surface area (Å²) in [7, 11) is 4.90. The number of phenols is 1. The third kappa shape index (κ3) is 7.07. The number of phenolic OH excluding ortho intramolecular Hbond substituents is 1. The lowest BCUT2D eigenvalue weighted by Crippen LogP contribution is -2.34. The molecule has 0 radical (unpaired) electrons. The smallest absolute Gasteiger partial charge is 0.271 e. The van der Waals surface area contributed by atoms with E-state index < -0.39 is 5.91 Å². The maximum Gasteiger partial charge on any atom is 0.271 e. The minimum atomic E-state index is -0.462. The molecule has 4 aromatic carbocycles. The number of halogens is 1. The number of hydrogen-bond donors (Lipinski definition) is 2. The maximum absolute atomic E-state index is 12.5. The summed E-state index contributed by atoms with van der Waals surface area (Å²) < 4.78 is 23.1. The van der Waals surface area contributed by atoms with Crippen LogP contribution in [-0.2, 0) is 13.0 Å². The molecule has 0 aromatic heterocycles. The molecule has 0 saturated heterocycles. The van der Waals surface area contributed by atoms with Gasteiger partial charge in [0.25, 0.3) is 5.91 Å². The zero-order valence-electron chi connectivity index (χ0n) is 24.8. The Kier molecular flexibility index (Phi) is 9.89. The fraction of sp³-hybridized carbons (Fsp3) is 0.235. The van der Waals surface area contributed by atoms with Crippen LogP contribution in [0.1, 0.15) is 27.0 Å². The Balaban J connectivity index is 1.31. The van der Waals surface area contributed by atoms with Gasteiger partial charge in [0.1, 0.15) is 12.4 Å². The Morgan fingerprint density at radius 2 is 1.68 bits per heavy atom. The lowest BCUT2D eigenvalue weighted by Gasteiger charge is -2.29. The summed E-state index contributed by atoms with van der Waals surface area (Å²) in [6, 6.07) is 22.0. The van der Waals surface area contributed by atoms with Gasteiger partial charge in [0.05, 0.1) is 32.6 Å². The zero-order valence-corrected chi connectivity index (χ0v) is 25.6. The fourth-order valence-corrected chi connectivity index (χ4v) is 5.30. The first kappa shape index (κ1) is 30.7. The Bertz CT molecular complexity index is 1660. The first-order valence-corrected chi connectivity index (χ1v) is 14.5. The van der Waals surface area contributed by atoms with Gasteiger partial charge >= 0.3 is 0 Å². The molecule has 5 rings (SSSR count). The van der Waals surface area contributed by atoms with Crippen LogP contribution in [0, 0.1) is 0 Å². The molecule has 0 fully saturated rings. The molecule has 44 heavy (non-hydrogen) atoms. The van der Waals surface area contributed by atoms with Gasteiger partial charge in [-0.25, -0.2) is 5.43 Å². The fourth-order valence-electron chi connectivity index (χ4n) is 5.12. The second-order valence-electron chi connectivity index (χ2n) is 10.2. The van der Waals surface area contributed by atoms with Crippen LogP contribution in [0.3, 0.4) is 0 Å². The van der Waals surface area contributed by atoms with Crippen LogP contribution in [0.25, 0.3) is 11.1 Å². The number of benzene rings is 4. The van der Waals surface area contributed by atoms with E-state index in [1.54, 1.807) is 21.3 Å². The number of methoxy groups -OCH3 is 3. The van der Waals surface area contributed by atoms with Crippen LogP contribution in [0.2, 0.25) is 5.02 Å². The van der Waals surface area contributed by atoms with Crippen molar-refractivity contribution < 1.29 is 28.8 Å². The van der Waals surface area contributed by atoms with Crippen molar-refractivity contribution in [2.24, 2.45) is 5.10 Å². The van der Waals surface area contributed by atoms with Gasteiger partial charge in [0.15, 0.2) is 23.0 Å².